The van der Waals surface area contributed by atoms with Crippen LogP contribution in [0.15, 0.2) is 48.5 Å². The standard InChI is InChI=1S/C25H28N2O7/c1-32-14-22(23(28)26-11-16-10-15(12-33-16)24(29)30)27-25(31)34-13-21-19-8-4-2-6-17(19)18-7-3-5-9-20(18)21/h2-9,15-16,21-22H,10-14H2,1H3,(H,26,28)(H,27,31)(H,29,30)/t15-,16-,22-/m0/s1. The van der Waals surface area contributed by atoms with Gasteiger partial charge in [-0.2, -0.15) is 0 Å². The first kappa shape index (κ1) is 23.7. The lowest BCUT2D eigenvalue weighted by Crippen LogP contribution is -2.50. The highest BCUT2D eigenvalue weighted by Crippen LogP contribution is 2.44. The quantitative estimate of drug-likeness (QED) is 0.515. The van der Waals surface area contributed by atoms with E-state index in [0.29, 0.717) is 6.42 Å². The first-order chi connectivity index (χ1) is 16.5. The molecule has 3 atom stereocenters. The highest BCUT2D eigenvalue weighted by atomic mass is 16.5. The maximum atomic E-state index is 12.6. The van der Waals surface area contributed by atoms with Crippen molar-refractivity contribution in [3.05, 3.63) is 59.7 Å². The molecule has 0 bridgehead atoms. The van der Waals surface area contributed by atoms with Gasteiger partial charge in [-0.1, -0.05) is 48.5 Å². The average Bonchev–Trinajstić information content (AvgIpc) is 3.44. The zero-order valence-corrected chi connectivity index (χ0v) is 18.9. The van der Waals surface area contributed by atoms with Crippen molar-refractivity contribution in [1.29, 1.82) is 0 Å². The number of carbonyl (C=O) groups is 3. The molecule has 0 aromatic heterocycles. The number of nitrogens with one attached hydrogen (secondary N) is 2. The summed E-state index contributed by atoms with van der Waals surface area (Å²) < 4.78 is 16.0. The smallest absolute Gasteiger partial charge is 0.407 e. The zero-order chi connectivity index (χ0) is 24.1. The summed E-state index contributed by atoms with van der Waals surface area (Å²) in [7, 11) is 1.43. The molecule has 0 saturated carbocycles. The third-order valence-corrected chi connectivity index (χ3v) is 6.22. The number of ether oxygens (including phenoxy) is 3. The molecule has 0 unspecified atom stereocenters. The van der Waals surface area contributed by atoms with E-state index in [1.807, 2.05) is 36.4 Å². The minimum atomic E-state index is -0.961. The van der Waals surface area contributed by atoms with Gasteiger partial charge < -0.3 is 30.0 Å². The van der Waals surface area contributed by atoms with Gasteiger partial charge in [0, 0.05) is 19.6 Å². The fourth-order valence-electron chi connectivity index (χ4n) is 4.49. The van der Waals surface area contributed by atoms with Gasteiger partial charge in [0.05, 0.1) is 25.2 Å². The molecular formula is C25H28N2O7. The summed E-state index contributed by atoms with van der Waals surface area (Å²) in [6.07, 6.45) is -0.783. The first-order valence-corrected chi connectivity index (χ1v) is 11.2. The Hall–Kier alpha value is -3.43. The largest absolute Gasteiger partial charge is 0.481 e. The molecule has 1 aliphatic carbocycles. The van der Waals surface area contributed by atoms with Gasteiger partial charge in [-0.05, 0) is 28.7 Å². The van der Waals surface area contributed by atoms with Crippen LogP contribution in [0, 0.1) is 5.92 Å². The van der Waals surface area contributed by atoms with E-state index in [2.05, 4.69) is 22.8 Å². The lowest BCUT2D eigenvalue weighted by atomic mass is 9.98. The van der Waals surface area contributed by atoms with Gasteiger partial charge in [0.1, 0.15) is 12.6 Å². The molecule has 9 nitrogen and oxygen atoms in total. The van der Waals surface area contributed by atoms with Gasteiger partial charge in [-0.3, -0.25) is 9.59 Å². The number of hydrogen-bond donors (Lipinski definition) is 3. The Bertz CT molecular complexity index is 1010. The fraction of sp³-hybridized carbons (Fsp3) is 0.400. The van der Waals surface area contributed by atoms with E-state index >= 15 is 0 Å². The minimum Gasteiger partial charge on any atom is -0.481 e. The van der Waals surface area contributed by atoms with Gasteiger partial charge in [-0.25, -0.2) is 4.79 Å². The van der Waals surface area contributed by atoms with Crippen molar-refractivity contribution in [2.45, 2.75) is 24.5 Å². The molecule has 2 amide bonds. The van der Waals surface area contributed by atoms with E-state index in [4.69, 9.17) is 19.3 Å². The Morgan fingerprint density at radius 3 is 2.32 bits per heavy atom. The highest BCUT2D eigenvalue weighted by molar-refractivity contribution is 5.86. The molecule has 9 heteroatoms. The van der Waals surface area contributed by atoms with E-state index < -0.39 is 29.9 Å². The van der Waals surface area contributed by atoms with Crippen LogP contribution in [0.3, 0.4) is 0 Å². The SMILES string of the molecule is COC[C@H](NC(=O)OCC1c2ccccc2-c2ccccc21)C(=O)NC[C@@H]1C[C@H](C(=O)O)CO1. The maximum Gasteiger partial charge on any atom is 0.407 e. The van der Waals surface area contributed by atoms with Gasteiger partial charge in [-0.15, -0.1) is 0 Å². The van der Waals surface area contributed by atoms with Crippen molar-refractivity contribution in [3.8, 4) is 11.1 Å². The van der Waals surface area contributed by atoms with Crippen LogP contribution in [-0.2, 0) is 23.8 Å². The minimum absolute atomic E-state index is 0.0424. The monoisotopic (exact) mass is 468 g/mol. The van der Waals surface area contributed by atoms with Crippen molar-refractivity contribution in [3.63, 3.8) is 0 Å². The van der Waals surface area contributed by atoms with Crippen molar-refractivity contribution < 1.29 is 33.7 Å². The fourth-order valence-corrected chi connectivity index (χ4v) is 4.49. The van der Waals surface area contributed by atoms with Crippen LogP contribution in [-0.4, -0.2) is 68.7 Å². The Morgan fingerprint density at radius 1 is 1.09 bits per heavy atom. The molecule has 1 saturated heterocycles. The molecule has 2 aliphatic rings. The number of amides is 2. The van der Waals surface area contributed by atoms with Crippen molar-refractivity contribution in [2.24, 2.45) is 5.92 Å². The molecule has 0 radical (unpaired) electrons. The van der Waals surface area contributed by atoms with Crippen molar-refractivity contribution >= 4 is 18.0 Å². The molecule has 1 heterocycles. The molecule has 0 spiro atoms. The molecule has 34 heavy (non-hydrogen) atoms. The maximum absolute atomic E-state index is 12.6. The van der Waals surface area contributed by atoms with Gasteiger partial charge in [0.25, 0.3) is 0 Å². The third-order valence-electron chi connectivity index (χ3n) is 6.22. The summed E-state index contributed by atoms with van der Waals surface area (Å²) >= 11 is 0. The third kappa shape index (κ3) is 5.21. The summed E-state index contributed by atoms with van der Waals surface area (Å²) in [5.74, 6) is -2.04. The number of carbonyl (C=O) groups excluding carboxylic acids is 2. The normalized spacial score (nSPS) is 19.7. The lowest BCUT2D eigenvalue weighted by molar-refractivity contribution is -0.141. The van der Waals surface area contributed by atoms with E-state index in [1.165, 1.54) is 7.11 Å². The van der Waals surface area contributed by atoms with E-state index in [0.717, 1.165) is 22.3 Å². The molecule has 1 aliphatic heterocycles. The Balaban J connectivity index is 1.31. The predicted octanol–water partition coefficient (Wildman–Crippen LogP) is 2.15. The lowest BCUT2D eigenvalue weighted by Gasteiger charge is -2.20. The van der Waals surface area contributed by atoms with Gasteiger partial charge in [0.15, 0.2) is 0 Å². The summed E-state index contributed by atoms with van der Waals surface area (Å²) in [4.78, 5) is 36.2. The topological polar surface area (TPSA) is 123 Å². The molecule has 2 aromatic rings. The second-order valence-corrected chi connectivity index (χ2v) is 8.45. The number of carboxylic acids is 1. The number of rotatable bonds is 9. The van der Waals surface area contributed by atoms with Crippen LogP contribution in [0.4, 0.5) is 4.79 Å². The van der Waals surface area contributed by atoms with Crippen LogP contribution >= 0.6 is 0 Å². The van der Waals surface area contributed by atoms with E-state index in [1.54, 1.807) is 0 Å². The highest BCUT2D eigenvalue weighted by Gasteiger charge is 2.32. The zero-order valence-electron chi connectivity index (χ0n) is 18.9. The average molecular weight is 469 g/mol. The second-order valence-electron chi connectivity index (χ2n) is 8.45. The molecule has 4 rings (SSSR count). The van der Waals surface area contributed by atoms with E-state index in [9.17, 15) is 14.4 Å². The number of aliphatic carboxylic acids is 1. The van der Waals surface area contributed by atoms with Gasteiger partial charge >= 0.3 is 12.1 Å². The predicted molar refractivity (Wildman–Crippen MR) is 122 cm³/mol. The van der Waals surface area contributed by atoms with Crippen LogP contribution in [0.1, 0.15) is 23.5 Å². The van der Waals surface area contributed by atoms with Crippen LogP contribution < -0.4 is 10.6 Å². The first-order valence-electron chi connectivity index (χ1n) is 11.2. The molecule has 1 fully saturated rings. The molecule has 2 aromatic carbocycles. The molecular weight excluding hydrogens is 440 g/mol. The summed E-state index contributed by atoms with van der Waals surface area (Å²) in [5.41, 5.74) is 4.45. The summed E-state index contributed by atoms with van der Waals surface area (Å²) in [5, 5.41) is 14.3. The molecule has 180 valence electrons. The van der Waals surface area contributed by atoms with Gasteiger partial charge in [0.2, 0.25) is 5.91 Å². The van der Waals surface area contributed by atoms with Crippen molar-refractivity contribution in [1.82, 2.24) is 10.6 Å². The van der Waals surface area contributed by atoms with E-state index in [-0.39, 0.29) is 38.4 Å². The van der Waals surface area contributed by atoms with Crippen LogP contribution in [0.5, 0.6) is 0 Å². The Morgan fingerprint density at radius 2 is 1.74 bits per heavy atom. The Labute approximate surface area is 197 Å². The van der Waals surface area contributed by atoms with Crippen LogP contribution in [0.25, 0.3) is 11.1 Å². The summed E-state index contributed by atoms with van der Waals surface area (Å²) in [6, 6.07) is 15.1. The molecule has 3 N–H and O–H groups in total. The Kier molecular flexibility index (Phi) is 7.44. The number of carboxylic acid groups (broad SMARTS) is 1. The second kappa shape index (κ2) is 10.7. The number of alkyl carbamates (subject to hydrolysis) is 1. The number of benzene rings is 2. The number of fused-ring (bicyclic) bond motifs is 3. The number of methoxy groups -OCH3 is 1. The summed E-state index contributed by atoms with van der Waals surface area (Å²) in [6.45, 7) is 0.359. The number of hydrogen-bond acceptors (Lipinski definition) is 6. The van der Waals surface area contributed by atoms with Crippen molar-refractivity contribution in [2.75, 3.05) is 33.5 Å². The van der Waals surface area contributed by atoms with Crippen LogP contribution in [0.2, 0.25) is 0 Å².